The summed E-state index contributed by atoms with van der Waals surface area (Å²) in [6, 6.07) is 7.83. The summed E-state index contributed by atoms with van der Waals surface area (Å²) < 4.78 is 5.61. The van der Waals surface area contributed by atoms with Gasteiger partial charge in [-0.05, 0) is 42.4 Å². The van der Waals surface area contributed by atoms with Crippen LogP contribution in [-0.4, -0.2) is 11.7 Å². The Kier molecular flexibility index (Phi) is 6.36. The molecule has 2 nitrogen and oxygen atoms in total. The van der Waals surface area contributed by atoms with Crippen LogP contribution in [0.4, 0.5) is 0 Å². The van der Waals surface area contributed by atoms with E-state index < -0.39 is 0 Å². The van der Waals surface area contributed by atoms with Crippen LogP contribution in [-0.2, 0) is 0 Å². The zero-order valence-electron chi connectivity index (χ0n) is 12.8. The average molecular weight is 264 g/mol. The van der Waals surface area contributed by atoms with Crippen molar-refractivity contribution < 1.29 is 9.84 Å². The topological polar surface area (TPSA) is 29.5 Å². The van der Waals surface area contributed by atoms with Gasteiger partial charge in [0.1, 0.15) is 5.75 Å². The van der Waals surface area contributed by atoms with Crippen LogP contribution in [0.15, 0.2) is 24.3 Å². The first-order chi connectivity index (χ1) is 8.92. The maximum atomic E-state index is 10.1. The predicted octanol–water partition coefficient (Wildman–Crippen LogP) is 4.73. The van der Waals surface area contributed by atoms with Gasteiger partial charge in [0.25, 0.3) is 0 Å². The van der Waals surface area contributed by atoms with E-state index in [4.69, 9.17) is 4.74 Å². The van der Waals surface area contributed by atoms with Crippen LogP contribution in [0.25, 0.3) is 0 Å². The fourth-order valence-electron chi connectivity index (χ4n) is 1.86. The Bertz CT molecular complexity index is 349. The highest BCUT2D eigenvalue weighted by Crippen LogP contribution is 2.28. The third-order valence-corrected chi connectivity index (χ3v) is 3.20. The van der Waals surface area contributed by atoms with E-state index >= 15 is 0 Å². The molecule has 0 saturated heterocycles. The summed E-state index contributed by atoms with van der Waals surface area (Å²) in [4.78, 5) is 0. The van der Waals surface area contributed by atoms with E-state index in [2.05, 4.69) is 27.7 Å². The van der Waals surface area contributed by atoms with Gasteiger partial charge in [0, 0.05) is 0 Å². The summed E-state index contributed by atoms with van der Waals surface area (Å²) in [7, 11) is 0. The van der Waals surface area contributed by atoms with Crippen molar-refractivity contribution in [2.24, 2.45) is 5.41 Å². The Balaban J connectivity index is 2.46. The minimum absolute atomic E-state index is 0.268. The number of hydrogen-bond acceptors (Lipinski definition) is 2. The molecular formula is C17H28O2. The second kappa shape index (κ2) is 7.54. The lowest BCUT2D eigenvalue weighted by atomic mass is 9.88. The van der Waals surface area contributed by atoms with Crippen molar-refractivity contribution in [3.63, 3.8) is 0 Å². The zero-order valence-corrected chi connectivity index (χ0v) is 12.8. The van der Waals surface area contributed by atoms with Crippen LogP contribution in [0.2, 0.25) is 0 Å². The normalized spacial score (nSPS) is 13.3. The Morgan fingerprint density at radius 3 is 2.32 bits per heavy atom. The van der Waals surface area contributed by atoms with Gasteiger partial charge >= 0.3 is 0 Å². The molecule has 0 heterocycles. The van der Waals surface area contributed by atoms with E-state index in [9.17, 15) is 5.11 Å². The van der Waals surface area contributed by atoms with E-state index in [1.165, 1.54) is 0 Å². The zero-order chi connectivity index (χ0) is 14.3. The number of aliphatic hydroxyl groups excluding tert-OH is 1. The molecule has 1 N–H and O–H groups in total. The molecule has 1 aromatic rings. The molecule has 108 valence electrons. The number of benzene rings is 1. The molecule has 1 unspecified atom stereocenters. The fourth-order valence-corrected chi connectivity index (χ4v) is 1.86. The largest absolute Gasteiger partial charge is 0.494 e. The maximum absolute atomic E-state index is 10.1. The molecule has 0 fully saturated rings. The number of unbranched alkanes of at least 4 members (excludes halogenated alkanes) is 1. The molecule has 0 aromatic heterocycles. The summed E-state index contributed by atoms with van der Waals surface area (Å²) in [5.74, 6) is 0.889. The third kappa shape index (κ3) is 6.63. The lowest BCUT2D eigenvalue weighted by Crippen LogP contribution is -2.08. The highest BCUT2D eigenvalue weighted by Gasteiger charge is 2.14. The van der Waals surface area contributed by atoms with Gasteiger partial charge in [-0.2, -0.15) is 0 Å². The van der Waals surface area contributed by atoms with Gasteiger partial charge in [-0.25, -0.2) is 0 Å². The molecule has 0 saturated carbocycles. The Morgan fingerprint density at radius 2 is 1.79 bits per heavy atom. The van der Waals surface area contributed by atoms with Gasteiger partial charge in [0.05, 0.1) is 12.7 Å². The first-order valence-electron chi connectivity index (χ1n) is 7.33. The molecule has 0 spiro atoms. The second-order valence-electron chi connectivity index (χ2n) is 6.39. The first-order valence-corrected chi connectivity index (χ1v) is 7.33. The Morgan fingerprint density at radius 1 is 1.16 bits per heavy atom. The molecular weight excluding hydrogens is 236 g/mol. The van der Waals surface area contributed by atoms with Crippen LogP contribution in [0.1, 0.15) is 65.0 Å². The molecule has 19 heavy (non-hydrogen) atoms. The van der Waals surface area contributed by atoms with Gasteiger partial charge < -0.3 is 9.84 Å². The van der Waals surface area contributed by atoms with Crippen molar-refractivity contribution in [2.75, 3.05) is 6.61 Å². The quantitative estimate of drug-likeness (QED) is 0.722. The molecule has 2 heteroatoms. The third-order valence-electron chi connectivity index (χ3n) is 3.20. The van der Waals surface area contributed by atoms with Crippen LogP contribution in [0, 0.1) is 5.41 Å². The van der Waals surface area contributed by atoms with E-state index in [1.54, 1.807) is 0 Å². The van der Waals surface area contributed by atoms with Crippen molar-refractivity contribution >= 4 is 0 Å². The van der Waals surface area contributed by atoms with Crippen molar-refractivity contribution in [3.8, 4) is 5.75 Å². The van der Waals surface area contributed by atoms with Gasteiger partial charge in [-0.1, -0.05) is 46.2 Å². The molecule has 1 aromatic carbocycles. The smallest absolute Gasteiger partial charge is 0.119 e. The van der Waals surface area contributed by atoms with Gasteiger partial charge in [0.15, 0.2) is 0 Å². The van der Waals surface area contributed by atoms with Crippen molar-refractivity contribution in [3.05, 3.63) is 29.8 Å². The lowest BCUT2D eigenvalue weighted by Gasteiger charge is -2.20. The van der Waals surface area contributed by atoms with E-state index in [-0.39, 0.29) is 11.5 Å². The monoisotopic (exact) mass is 264 g/mol. The van der Waals surface area contributed by atoms with E-state index in [1.807, 2.05) is 24.3 Å². The molecule has 1 rings (SSSR count). The number of rotatable bonds is 7. The Hall–Kier alpha value is -1.02. The summed E-state index contributed by atoms with van der Waals surface area (Å²) in [6.45, 7) is 9.51. The first kappa shape index (κ1) is 16.0. The molecule has 0 bridgehead atoms. The fraction of sp³-hybridized carbons (Fsp3) is 0.647. The van der Waals surface area contributed by atoms with Crippen LogP contribution < -0.4 is 4.74 Å². The molecule has 0 amide bonds. The summed E-state index contributed by atoms with van der Waals surface area (Å²) in [5, 5.41) is 10.1. The SMILES string of the molecule is CCCCOc1ccc(C(O)CCC(C)(C)C)cc1. The molecule has 0 radical (unpaired) electrons. The summed E-state index contributed by atoms with van der Waals surface area (Å²) in [6.07, 6.45) is 3.67. The van der Waals surface area contributed by atoms with Crippen molar-refractivity contribution in [1.82, 2.24) is 0 Å². The second-order valence-corrected chi connectivity index (χ2v) is 6.39. The van der Waals surface area contributed by atoms with Gasteiger partial charge in [-0.15, -0.1) is 0 Å². The van der Waals surface area contributed by atoms with Crippen LogP contribution >= 0.6 is 0 Å². The molecule has 0 aliphatic carbocycles. The molecule has 0 aliphatic rings. The van der Waals surface area contributed by atoms with Crippen molar-refractivity contribution in [2.45, 2.75) is 59.5 Å². The predicted molar refractivity (Wildman–Crippen MR) is 80.5 cm³/mol. The highest BCUT2D eigenvalue weighted by atomic mass is 16.5. The standard InChI is InChI=1S/C17H28O2/c1-5-6-13-19-15-9-7-14(8-10-15)16(18)11-12-17(2,3)4/h7-10,16,18H,5-6,11-13H2,1-4H3. The number of hydrogen-bond donors (Lipinski definition) is 1. The minimum atomic E-state index is -0.371. The molecule has 1 atom stereocenters. The van der Waals surface area contributed by atoms with Gasteiger partial charge in [-0.3, -0.25) is 0 Å². The highest BCUT2D eigenvalue weighted by molar-refractivity contribution is 5.28. The number of ether oxygens (including phenoxy) is 1. The van der Waals surface area contributed by atoms with E-state index in [0.717, 1.165) is 43.6 Å². The summed E-state index contributed by atoms with van der Waals surface area (Å²) >= 11 is 0. The van der Waals surface area contributed by atoms with Crippen molar-refractivity contribution in [1.29, 1.82) is 0 Å². The van der Waals surface area contributed by atoms with Gasteiger partial charge in [0.2, 0.25) is 0 Å². The average Bonchev–Trinajstić information content (AvgIpc) is 2.36. The summed E-state index contributed by atoms with van der Waals surface area (Å²) in [5.41, 5.74) is 1.25. The number of aliphatic hydroxyl groups is 1. The van der Waals surface area contributed by atoms with Crippen LogP contribution in [0.3, 0.4) is 0 Å². The van der Waals surface area contributed by atoms with Crippen LogP contribution in [0.5, 0.6) is 5.75 Å². The molecule has 0 aliphatic heterocycles. The maximum Gasteiger partial charge on any atom is 0.119 e. The van der Waals surface area contributed by atoms with E-state index in [0.29, 0.717) is 0 Å². The lowest BCUT2D eigenvalue weighted by molar-refractivity contribution is 0.147. The Labute approximate surface area is 117 Å². The minimum Gasteiger partial charge on any atom is -0.494 e.